The van der Waals surface area contributed by atoms with Crippen molar-refractivity contribution < 1.29 is 18.3 Å². The Morgan fingerprint density at radius 3 is 2.52 bits per heavy atom. The molecular weight excluding hydrogens is 300 g/mol. The molecule has 0 heterocycles. The quantitative estimate of drug-likeness (QED) is 0.387. The molecule has 0 saturated heterocycles. The van der Waals surface area contributed by atoms with Crippen LogP contribution in [0.4, 0.5) is 8.78 Å². The average molecular weight is 317 g/mol. The fourth-order valence-corrected chi connectivity index (χ4v) is 1.51. The van der Waals surface area contributed by atoms with E-state index >= 15 is 0 Å². The van der Waals surface area contributed by atoms with Gasteiger partial charge in [0.1, 0.15) is 5.75 Å². The molecule has 0 fully saturated rings. The van der Waals surface area contributed by atoms with Crippen LogP contribution in [0.1, 0.15) is 5.56 Å². The highest BCUT2D eigenvalue weighted by molar-refractivity contribution is 7.80. The Morgan fingerprint density at radius 1 is 1.29 bits per heavy atom. The Morgan fingerprint density at radius 2 is 1.95 bits per heavy atom. The number of thiocarbonyl (C=S) groups is 1. The molecule has 0 aliphatic heterocycles. The minimum absolute atomic E-state index is 0.0891. The molecule has 1 aromatic rings. The first-order chi connectivity index (χ1) is 10.0. The predicted molar refractivity (Wildman–Crippen MR) is 80.9 cm³/mol. The van der Waals surface area contributed by atoms with Crippen LogP contribution >= 0.6 is 12.2 Å². The summed E-state index contributed by atoms with van der Waals surface area (Å²) in [5, 5.41) is 3.30. The zero-order chi connectivity index (χ0) is 15.7. The molecule has 3 N–H and O–H groups in total. The summed E-state index contributed by atoms with van der Waals surface area (Å²) in [6.07, 6.45) is 0. The summed E-state index contributed by atoms with van der Waals surface area (Å²) in [5.74, 6) is 0.0891. The molecule has 0 spiro atoms. The van der Waals surface area contributed by atoms with Crippen LogP contribution in [-0.2, 0) is 4.74 Å². The van der Waals surface area contributed by atoms with Gasteiger partial charge in [-0.15, -0.1) is 0 Å². The third-order valence-electron chi connectivity index (χ3n) is 2.35. The second-order valence-corrected chi connectivity index (χ2v) is 4.29. The molecule has 0 amide bonds. The number of nitrogens with one attached hydrogen (secondary N) is 3. The molecule has 8 heteroatoms. The topological polar surface area (TPSA) is 54.5 Å². The van der Waals surface area contributed by atoms with Crippen LogP contribution in [0, 0.1) is 0 Å². The van der Waals surface area contributed by atoms with Gasteiger partial charge >= 0.3 is 6.61 Å². The molecule has 5 nitrogen and oxygen atoms in total. The molecule has 0 saturated carbocycles. The number of hydrogen-bond donors (Lipinski definition) is 3. The van der Waals surface area contributed by atoms with E-state index in [0.29, 0.717) is 29.5 Å². The van der Waals surface area contributed by atoms with Gasteiger partial charge in [0.05, 0.1) is 12.3 Å². The van der Waals surface area contributed by atoms with Crippen LogP contribution in [0.25, 0.3) is 5.70 Å². The van der Waals surface area contributed by atoms with Crippen LogP contribution in [0.2, 0.25) is 0 Å². The first-order valence-electron chi connectivity index (χ1n) is 6.06. The van der Waals surface area contributed by atoms with Crippen LogP contribution in [0.5, 0.6) is 5.75 Å². The molecule has 0 aromatic heterocycles. The van der Waals surface area contributed by atoms with Crippen molar-refractivity contribution in [2.75, 3.05) is 20.3 Å². The maximum atomic E-state index is 12.0. The lowest BCUT2D eigenvalue weighted by molar-refractivity contribution is -0.0498. The maximum Gasteiger partial charge on any atom is 0.387 e. The van der Waals surface area contributed by atoms with Gasteiger partial charge in [0.15, 0.2) is 5.11 Å². The first kappa shape index (κ1) is 17.1. The number of ether oxygens (including phenoxy) is 2. The summed E-state index contributed by atoms with van der Waals surface area (Å²) in [7, 11) is 1.60. The second kappa shape index (κ2) is 9.09. The largest absolute Gasteiger partial charge is 0.435 e. The minimum atomic E-state index is -2.84. The lowest BCUT2D eigenvalue weighted by atomic mass is 10.2. The zero-order valence-corrected chi connectivity index (χ0v) is 12.3. The van der Waals surface area contributed by atoms with E-state index in [-0.39, 0.29) is 5.75 Å². The smallest absolute Gasteiger partial charge is 0.387 e. The molecule has 116 valence electrons. The van der Waals surface area contributed by atoms with E-state index in [1.54, 1.807) is 19.2 Å². The zero-order valence-electron chi connectivity index (χ0n) is 11.5. The van der Waals surface area contributed by atoms with E-state index in [1.165, 1.54) is 12.1 Å². The number of hydrazine groups is 1. The van der Waals surface area contributed by atoms with Crippen molar-refractivity contribution in [3.05, 3.63) is 36.4 Å². The molecule has 1 rings (SSSR count). The Kier molecular flexibility index (Phi) is 7.41. The molecular formula is C13H17F2N3O2S. The monoisotopic (exact) mass is 317 g/mol. The predicted octanol–water partition coefficient (Wildman–Crippen LogP) is 1.87. The molecule has 21 heavy (non-hydrogen) atoms. The highest BCUT2D eigenvalue weighted by Gasteiger charge is 2.05. The van der Waals surface area contributed by atoms with E-state index in [0.717, 1.165) is 0 Å². The van der Waals surface area contributed by atoms with Crippen molar-refractivity contribution in [3.8, 4) is 5.75 Å². The van der Waals surface area contributed by atoms with Gasteiger partial charge < -0.3 is 14.8 Å². The summed E-state index contributed by atoms with van der Waals surface area (Å²) in [5.41, 5.74) is 6.81. The van der Waals surface area contributed by atoms with E-state index in [2.05, 4.69) is 27.5 Å². The molecule has 0 unspecified atom stereocenters. The Bertz CT molecular complexity index is 469. The minimum Gasteiger partial charge on any atom is -0.435 e. The van der Waals surface area contributed by atoms with Gasteiger partial charge in [-0.2, -0.15) is 8.78 Å². The van der Waals surface area contributed by atoms with Crippen LogP contribution in [-0.4, -0.2) is 32.0 Å². The Hall–Kier alpha value is -1.93. The first-order valence-corrected chi connectivity index (χ1v) is 6.46. The van der Waals surface area contributed by atoms with Crippen molar-refractivity contribution in [1.82, 2.24) is 16.2 Å². The van der Waals surface area contributed by atoms with Gasteiger partial charge in [-0.3, -0.25) is 10.9 Å². The standard InChI is InChI=1S/C13H17F2N3O2S/c1-9(17-18-13(21)16-7-8-19-2)10-3-5-11(6-4-10)20-12(14)15/h3-6,12,17H,1,7-8H2,2H3,(H2,16,18,21). The molecule has 1 aromatic carbocycles. The van der Waals surface area contributed by atoms with Crippen LogP contribution in [0.15, 0.2) is 30.8 Å². The highest BCUT2D eigenvalue weighted by atomic mass is 32.1. The van der Waals surface area contributed by atoms with Crippen molar-refractivity contribution in [2.24, 2.45) is 0 Å². The van der Waals surface area contributed by atoms with Gasteiger partial charge in [0.2, 0.25) is 0 Å². The number of benzene rings is 1. The maximum absolute atomic E-state index is 12.0. The third kappa shape index (κ3) is 6.87. The number of methoxy groups -OCH3 is 1. The van der Waals surface area contributed by atoms with E-state index < -0.39 is 6.61 Å². The average Bonchev–Trinajstić information content (AvgIpc) is 2.45. The molecule has 0 radical (unpaired) electrons. The Balaban J connectivity index is 2.39. The van der Waals surface area contributed by atoms with E-state index in [9.17, 15) is 8.78 Å². The SMILES string of the molecule is C=C(NNC(=S)NCCOC)c1ccc(OC(F)F)cc1. The number of halogens is 2. The van der Waals surface area contributed by atoms with Crippen molar-refractivity contribution in [1.29, 1.82) is 0 Å². The van der Waals surface area contributed by atoms with Crippen molar-refractivity contribution in [3.63, 3.8) is 0 Å². The van der Waals surface area contributed by atoms with Gasteiger partial charge in [-0.1, -0.05) is 6.58 Å². The lowest BCUT2D eigenvalue weighted by Gasteiger charge is -2.14. The third-order valence-corrected chi connectivity index (χ3v) is 2.59. The highest BCUT2D eigenvalue weighted by Crippen LogP contribution is 2.17. The van der Waals surface area contributed by atoms with E-state index in [1.807, 2.05) is 0 Å². The van der Waals surface area contributed by atoms with Crippen molar-refractivity contribution in [2.45, 2.75) is 6.61 Å². The van der Waals surface area contributed by atoms with Gasteiger partial charge in [-0.25, -0.2) is 0 Å². The van der Waals surface area contributed by atoms with Crippen LogP contribution < -0.4 is 20.9 Å². The van der Waals surface area contributed by atoms with Gasteiger partial charge in [-0.05, 0) is 42.0 Å². The molecule has 0 aliphatic carbocycles. The fraction of sp³-hybridized carbons (Fsp3) is 0.308. The summed E-state index contributed by atoms with van der Waals surface area (Å²) < 4.78 is 33.2. The van der Waals surface area contributed by atoms with Gasteiger partial charge in [0, 0.05) is 13.7 Å². The number of hydrogen-bond acceptors (Lipinski definition) is 4. The van der Waals surface area contributed by atoms with Crippen molar-refractivity contribution >= 4 is 23.0 Å². The normalized spacial score (nSPS) is 10.1. The van der Waals surface area contributed by atoms with Gasteiger partial charge in [0.25, 0.3) is 0 Å². The van der Waals surface area contributed by atoms with Crippen LogP contribution in [0.3, 0.4) is 0 Å². The summed E-state index contributed by atoms with van der Waals surface area (Å²) >= 11 is 5.02. The molecule has 0 bridgehead atoms. The van der Waals surface area contributed by atoms with E-state index in [4.69, 9.17) is 17.0 Å². The second-order valence-electron chi connectivity index (χ2n) is 3.88. The molecule has 0 aliphatic rings. The summed E-state index contributed by atoms with van der Waals surface area (Å²) in [6, 6.07) is 6.08. The molecule has 0 atom stereocenters. The summed E-state index contributed by atoms with van der Waals surface area (Å²) in [4.78, 5) is 0. The Labute approximate surface area is 127 Å². The summed E-state index contributed by atoms with van der Waals surface area (Å²) in [6.45, 7) is 2.09. The fourth-order valence-electron chi connectivity index (χ4n) is 1.35. The number of rotatable bonds is 8. The lowest BCUT2D eigenvalue weighted by Crippen LogP contribution is -2.43. The number of alkyl halides is 2.